The Morgan fingerprint density at radius 1 is 0.970 bits per heavy atom. The third-order valence-electron chi connectivity index (χ3n) is 5.18. The monoisotopic (exact) mass is 474 g/mol. The number of anilines is 3. The van der Waals surface area contributed by atoms with E-state index in [4.69, 9.17) is 4.74 Å². The Labute approximate surface area is 194 Å². The summed E-state index contributed by atoms with van der Waals surface area (Å²) in [6.07, 6.45) is 0.291. The number of nitrogens with one attached hydrogen (secondary N) is 2. The van der Waals surface area contributed by atoms with Crippen LogP contribution >= 0.6 is 0 Å². The minimum atomic E-state index is -3.86. The van der Waals surface area contributed by atoms with Gasteiger partial charge in [-0.3, -0.25) is 9.59 Å². The lowest BCUT2D eigenvalue weighted by Crippen LogP contribution is -2.45. The van der Waals surface area contributed by atoms with Crippen LogP contribution in [-0.4, -0.2) is 63.4 Å². The van der Waals surface area contributed by atoms with Gasteiger partial charge < -0.3 is 20.3 Å². The predicted octanol–water partition coefficient (Wildman–Crippen LogP) is 2.52. The second-order valence-electron chi connectivity index (χ2n) is 8.22. The van der Waals surface area contributed by atoms with Gasteiger partial charge in [0.25, 0.3) is 0 Å². The molecule has 0 aromatic heterocycles. The van der Waals surface area contributed by atoms with E-state index in [1.54, 1.807) is 12.1 Å². The molecule has 0 aliphatic carbocycles. The quantitative estimate of drug-likeness (QED) is 0.639. The van der Waals surface area contributed by atoms with Crippen LogP contribution in [0.25, 0.3) is 0 Å². The Balaban J connectivity index is 1.58. The largest absolute Gasteiger partial charge is 0.372 e. The van der Waals surface area contributed by atoms with Crippen LogP contribution in [0.2, 0.25) is 0 Å². The van der Waals surface area contributed by atoms with Crippen LogP contribution in [0.1, 0.15) is 20.8 Å². The molecule has 2 aromatic carbocycles. The highest BCUT2D eigenvalue weighted by Crippen LogP contribution is 2.23. The van der Waals surface area contributed by atoms with Crippen LogP contribution < -0.4 is 15.5 Å². The Bertz CT molecular complexity index is 1080. The molecule has 0 bridgehead atoms. The zero-order valence-electron chi connectivity index (χ0n) is 19.2. The molecule has 2 aromatic rings. The van der Waals surface area contributed by atoms with Crippen LogP contribution in [0.5, 0.6) is 0 Å². The van der Waals surface area contributed by atoms with Crippen molar-refractivity contribution in [2.75, 3.05) is 42.2 Å². The summed E-state index contributed by atoms with van der Waals surface area (Å²) in [5.41, 5.74) is 2.12. The van der Waals surface area contributed by atoms with E-state index in [2.05, 4.69) is 15.5 Å². The molecule has 0 saturated carbocycles. The fraction of sp³-hybridized carbons (Fsp3) is 0.391. The average Bonchev–Trinajstić information content (AvgIpc) is 2.73. The Morgan fingerprint density at radius 2 is 1.48 bits per heavy atom. The highest BCUT2D eigenvalue weighted by Gasteiger charge is 2.24. The summed E-state index contributed by atoms with van der Waals surface area (Å²) in [7, 11) is -2.51. The van der Waals surface area contributed by atoms with Gasteiger partial charge in [0.15, 0.2) is 0 Å². The molecule has 1 fully saturated rings. The number of ether oxygens (including phenoxy) is 1. The lowest BCUT2D eigenvalue weighted by molar-refractivity contribution is -0.116. The lowest BCUT2D eigenvalue weighted by Gasteiger charge is -2.36. The summed E-state index contributed by atoms with van der Waals surface area (Å²) in [5, 5.41) is 5.32. The van der Waals surface area contributed by atoms with E-state index in [9.17, 15) is 18.0 Å². The Kier molecular flexibility index (Phi) is 7.72. The number of hydrogen-bond donors (Lipinski definition) is 2. The second kappa shape index (κ2) is 10.3. The number of morpholine rings is 1. The summed E-state index contributed by atoms with van der Waals surface area (Å²) in [5.74, 6) is -0.696. The third kappa shape index (κ3) is 6.53. The van der Waals surface area contributed by atoms with E-state index in [1.165, 1.54) is 38.2 Å². The maximum atomic E-state index is 12.8. The highest BCUT2D eigenvalue weighted by molar-refractivity contribution is 7.89. The molecule has 9 nitrogen and oxygen atoms in total. The molecule has 0 spiro atoms. The SMILES string of the molecule is CC(=O)Nc1ccc(S(=O)(=O)N(C)CC(=O)Nc2ccc(N3CC(C)OC(C)C3)cc2)cc1. The summed E-state index contributed by atoms with van der Waals surface area (Å²) < 4.78 is 32.3. The van der Waals surface area contributed by atoms with Crippen LogP contribution in [0.3, 0.4) is 0 Å². The fourth-order valence-corrected chi connectivity index (χ4v) is 4.85. The summed E-state index contributed by atoms with van der Waals surface area (Å²) >= 11 is 0. The number of hydrogen-bond acceptors (Lipinski definition) is 6. The first kappa shape index (κ1) is 24.7. The molecule has 1 saturated heterocycles. The third-order valence-corrected chi connectivity index (χ3v) is 7.00. The normalized spacial score (nSPS) is 18.8. The summed E-state index contributed by atoms with van der Waals surface area (Å²) in [6.45, 7) is 6.71. The van der Waals surface area contributed by atoms with E-state index in [-0.39, 0.29) is 29.6 Å². The molecular formula is C23H30N4O5S. The zero-order chi connectivity index (χ0) is 24.2. The van der Waals surface area contributed by atoms with E-state index in [0.717, 1.165) is 23.1 Å². The molecular weight excluding hydrogens is 444 g/mol. The number of nitrogens with zero attached hydrogens (tertiary/aromatic N) is 2. The molecule has 2 unspecified atom stereocenters. The number of sulfonamides is 1. The van der Waals surface area contributed by atoms with Crippen LogP contribution in [0.15, 0.2) is 53.4 Å². The maximum Gasteiger partial charge on any atom is 0.243 e. The van der Waals surface area contributed by atoms with E-state index < -0.39 is 15.9 Å². The molecule has 1 aliphatic heterocycles. The predicted molar refractivity (Wildman–Crippen MR) is 128 cm³/mol. The first-order chi connectivity index (χ1) is 15.5. The van der Waals surface area contributed by atoms with Crippen molar-refractivity contribution in [3.63, 3.8) is 0 Å². The molecule has 3 rings (SSSR count). The number of amides is 2. The Morgan fingerprint density at radius 3 is 2.03 bits per heavy atom. The average molecular weight is 475 g/mol. The van der Waals surface area contributed by atoms with Gasteiger partial charge in [-0.15, -0.1) is 0 Å². The van der Waals surface area contributed by atoms with Gasteiger partial charge in [0.2, 0.25) is 21.8 Å². The summed E-state index contributed by atoms with van der Waals surface area (Å²) in [4.78, 5) is 25.8. The second-order valence-corrected chi connectivity index (χ2v) is 10.3. The van der Waals surface area contributed by atoms with E-state index >= 15 is 0 Å². The molecule has 0 radical (unpaired) electrons. The molecule has 2 N–H and O–H groups in total. The first-order valence-electron chi connectivity index (χ1n) is 10.7. The van der Waals surface area contributed by atoms with Crippen molar-refractivity contribution in [2.24, 2.45) is 0 Å². The van der Waals surface area contributed by atoms with Gasteiger partial charge in [0, 0.05) is 44.1 Å². The molecule has 178 valence electrons. The van der Waals surface area contributed by atoms with Gasteiger partial charge in [-0.05, 0) is 62.4 Å². The molecule has 33 heavy (non-hydrogen) atoms. The van der Waals surface area contributed by atoms with Crippen molar-refractivity contribution >= 4 is 38.9 Å². The smallest absolute Gasteiger partial charge is 0.243 e. The van der Waals surface area contributed by atoms with E-state index in [1.807, 2.05) is 26.0 Å². The fourth-order valence-electron chi connectivity index (χ4n) is 3.73. The van der Waals surface area contributed by atoms with Gasteiger partial charge >= 0.3 is 0 Å². The van der Waals surface area contributed by atoms with Crippen molar-refractivity contribution < 1.29 is 22.7 Å². The molecule has 1 heterocycles. The van der Waals surface area contributed by atoms with Gasteiger partial charge in [0.1, 0.15) is 0 Å². The van der Waals surface area contributed by atoms with Crippen LogP contribution in [0.4, 0.5) is 17.1 Å². The maximum absolute atomic E-state index is 12.8. The molecule has 2 atom stereocenters. The molecule has 10 heteroatoms. The highest BCUT2D eigenvalue weighted by atomic mass is 32.2. The topological polar surface area (TPSA) is 108 Å². The molecule has 1 aliphatic rings. The summed E-state index contributed by atoms with van der Waals surface area (Å²) in [6, 6.07) is 13.2. The lowest BCUT2D eigenvalue weighted by atomic mass is 10.2. The minimum Gasteiger partial charge on any atom is -0.372 e. The Hall–Kier alpha value is -2.95. The number of benzene rings is 2. The van der Waals surface area contributed by atoms with Gasteiger partial charge in [-0.2, -0.15) is 4.31 Å². The van der Waals surface area contributed by atoms with Gasteiger partial charge in [-0.25, -0.2) is 8.42 Å². The van der Waals surface area contributed by atoms with E-state index in [0.29, 0.717) is 11.4 Å². The van der Waals surface area contributed by atoms with Gasteiger partial charge in [-0.1, -0.05) is 0 Å². The number of carbonyl (C=O) groups excluding carboxylic acids is 2. The van der Waals surface area contributed by atoms with Crippen LogP contribution in [0, 0.1) is 0 Å². The van der Waals surface area contributed by atoms with Crippen molar-refractivity contribution in [3.05, 3.63) is 48.5 Å². The van der Waals surface area contributed by atoms with Gasteiger partial charge in [0.05, 0.1) is 23.6 Å². The van der Waals surface area contributed by atoms with Crippen molar-refractivity contribution in [1.82, 2.24) is 4.31 Å². The minimum absolute atomic E-state index is 0.0326. The number of likely N-dealkylation sites (N-methyl/N-ethyl adjacent to an activating group) is 1. The van der Waals surface area contributed by atoms with Crippen molar-refractivity contribution in [3.8, 4) is 0 Å². The first-order valence-corrected chi connectivity index (χ1v) is 12.1. The standard InChI is InChI=1S/C23H30N4O5S/c1-16-13-27(14-17(2)32-16)21-9-5-20(6-10-21)25-23(29)15-26(4)33(30,31)22-11-7-19(8-12-22)24-18(3)28/h5-12,16-17H,13-15H2,1-4H3,(H,24,28)(H,25,29). The molecule has 2 amide bonds. The van der Waals surface area contributed by atoms with Crippen molar-refractivity contribution in [1.29, 1.82) is 0 Å². The van der Waals surface area contributed by atoms with Crippen LogP contribution in [-0.2, 0) is 24.3 Å². The zero-order valence-corrected chi connectivity index (χ0v) is 20.1. The number of rotatable bonds is 7. The van der Waals surface area contributed by atoms with Crippen molar-refractivity contribution in [2.45, 2.75) is 37.9 Å². The number of carbonyl (C=O) groups is 2.